The summed E-state index contributed by atoms with van der Waals surface area (Å²) in [6.45, 7) is 0.376. The number of aromatic hydroxyl groups is 1. The smallest absolute Gasteiger partial charge is 0.270 e. The van der Waals surface area contributed by atoms with Gasteiger partial charge in [-0.05, 0) is 23.4 Å². The third-order valence-corrected chi connectivity index (χ3v) is 3.94. The predicted octanol–water partition coefficient (Wildman–Crippen LogP) is 3.74. The van der Waals surface area contributed by atoms with Crippen LogP contribution in [0.5, 0.6) is 17.4 Å². The van der Waals surface area contributed by atoms with E-state index in [1.54, 1.807) is 18.2 Å². The molecular formula is C17H15N3O6. The lowest BCUT2D eigenvalue weighted by atomic mass is 10.2. The summed E-state index contributed by atoms with van der Waals surface area (Å²) in [5, 5.41) is 24.2. The van der Waals surface area contributed by atoms with Crippen molar-refractivity contribution >= 4 is 22.3 Å². The number of non-ortho nitro benzene ring substituents is 1. The highest BCUT2D eigenvalue weighted by molar-refractivity contribution is 5.96. The molecule has 0 atom stereocenters. The van der Waals surface area contributed by atoms with Gasteiger partial charge in [-0.1, -0.05) is 12.1 Å². The average Bonchev–Trinajstić information content (AvgIpc) is 2.92. The first kappa shape index (κ1) is 17.2. The lowest BCUT2D eigenvalue weighted by Crippen LogP contribution is -2.08. The highest BCUT2D eigenvalue weighted by Crippen LogP contribution is 2.40. The van der Waals surface area contributed by atoms with Crippen molar-refractivity contribution in [1.29, 1.82) is 0 Å². The molecule has 0 aliphatic rings. The summed E-state index contributed by atoms with van der Waals surface area (Å²) in [5.41, 5.74) is 0.0251. The average molecular weight is 357 g/mol. The van der Waals surface area contributed by atoms with E-state index in [2.05, 4.69) is 5.18 Å². The Hall–Kier alpha value is -3.62. The van der Waals surface area contributed by atoms with Gasteiger partial charge in [0.05, 0.1) is 24.1 Å². The van der Waals surface area contributed by atoms with Gasteiger partial charge in [0.25, 0.3) is 5.69 Å². The van der Waals surface area contributed by atoms with Gasteiger partial charge in [0.2, 0.25) is 5.88 Å². The van der Waals surface area contributed by atoms with Gasteiger partial charge in [0.15, 0.2) is 17.2 Å². The summed E-state index contributed by atoms with van der Waals surface area (Å²) in [7, 11) is 1.53. The molecule has 1 aromatic heterocycles. The molecule has 0 aliphatic carbocycles. The summed E-state index contributed by atoms with van der Waals surface area (Å²) < 4.78 is 12.3. The number of hydrogen-bond acceptors (Lipinski definition) is 7. The van der Waals surface area contributed by atoms with Crippen molar-refractivity contribution in [2.24, 2.45) is 5.18 Å². The Bertz CT molecular complexity index is 982. The molecule has 0 saturated carbocycles. The number of ether oxygens (including phenoxy) is 2. The zero-order valence-corrected chi connectivity index (χ0v) is 13.8. The number of nitrogens with zero attached hydrogens (tertiary/aromatic N) is 3. The van der Waals surface area contributed by atoms with Gasteiger partial charge >= 0.3 is 0 Å². The molecule has 1 N–H and O–H groups in total. The number of rotatable bonds is 7. The van der Waals surface area contributed by atoms with Crippen LogP contribution in [0.15, 0.2) is 47.6 Å². The Balaban J connectivity index is 1.89. The van der Waals surface area contributed by atoms with Gasteiger partial charge in [0, 0.05) is 17.5 Å². The normalized spacial score (nSPS) is 10.7. The molecule has 9 heteroatoms. The van der Waals surface area contributed by atoms with E-state index in [1.807, 2.05) is 6.07 Å². The lowest BCUT2D eigenvalue weighted by molar-refractivity contribution is -0.384. The summed E-state index contributed by atoms with van der Waals surface area (Å²) >= 11 is 0. The molecular weight excluding hydrogens is 342 g/mol. The Morgan fingerprint density at radius 1 is 1.23 bits per heavy atom. The van der Waals surface area contributed by atoms with Crippen molar-refractivity contribution in [1.82, 2.24) is 4.57 Å². The molecule has 9 nitrogen and oxygen atoms in total. The summed E-state index contributed by atoms with van der Waals surface area (Å²) in [4.78, 5) is 21.4. The van der Waals surface area contributed by atoms with Gasteiger partial charge in [-0.3, -0.25) is 10.1 Å². The summed E-state index contributed by atoms with van der Waals surface area (Å²) in [6, 6.07) is 11.1. The number of fused-ring (bicyclic) bond motifs is 1. The maximum Gasteiger partial charge on any atom is 0.270 e. The number of nitro groups is 1. The Kier molecular flexibility index (Phi) is 4.70. The Morgan fingerprint density at radius 3 is 2.62 bits per heavy atom. The van der Waals surface area contributed by atoms with Crippen molar-refractivity contribution in [2.45, 2.75) is 6.54 Å². The SMILES string of the molecule is COc1ccccc1OCCn1c(O)c(N=O)c2cc([N+](=O)[O-])ccc21. The third-order valence-electron chi connectivity index (χ3n) is 3.94. The second-order valence-electron chi connectivity index (χ2n) is 5.37. The molecule has 134 valence electrons. The maximum absolute atomic E-state index is 11.1. The first-order valence-electron chi connectivity index (χ1n) is 7.65. The molecule has 0 unspecified atom stereocenters. The molecule has 0 fully saturated rings. The zero-order chi connectivity index (χ0) is 18.7. The van der Waals surface area contributed by atoms with Gasteiger partial charge < -0.3 is 19.1 Å². The van der Waals surface area contributed by atoms with Crippen molar-refractivity contribution in [2.75, 3.05) is 13.7 Å². The van der Waals surface area contributed by atoms with Gasteiger partial charge in [-0.2, -0.15) is 0 Å². The van der Waals surface area contributed by atoms with E-state index in [0.717, 1.165) is 0 Å². The van der Waals surface area contributed by atoms with E-state index in [1.165, 1.54) is 29.9 Å². The number of aromatic nitrogens is 1. The van der Waals surface area contributed by atoms with Crippen LogP contribution in [0, 0.1) is 15.0 Å². The van der Waals surface area contributed by atoms with Crippen molar-refractivity contribution < 1.29 is 19.5 Å². The molecule has 3 rings (SSSR count). The zero-order valence-electron chi connectivity index (χ0n) is 13.8. The van der Waals surface area contributed by atoms with Crippen LogP contribution in [0.25, 0.3) is 10.9 Å². The molecule has 26 heavy (non-hydrogen) atoms. The van der Waals surface area contributed by atoms with Gasteiger partial charge in [-0.15, -0.1) is 4.91 Å². The highest BCUT2D eigenvalue weighted by atomic mass is 16.6. The fourth-order valence-electron chi connectivity index (χ4n) is 2.73. The third kappa shape index (κ3) is 3.02. The van der Waals surface area contributed by atoms with E-state index in [0.29, 0.717) is 17.0 Å². The molecule has 3 aromatic rings. The van der Waals surface area contributed by atoms with E-state index in [4.69, 9.17) is 9.47 Å². The maximum atomic E-state index is 11.1. The first-order chi connectivity index (χ1) is 12.6. The van der Waals surface area contributed by atoms with Crippen molar-refractivity contribution in [3.05, 3.63) is 57.5 Å². The monoisotopic (exact) mass is 357 g/mol. The number of benzene rings is 2. The summed E-state index contributed by atoms with van der Waals surface area (Å²) in [6.07, 6.45) is 0. The van der Waals surface area contributed by atoms with Crippen LogP contribution >= 0.6 is 0 Å². The minimum Gasteiger partial charge on any atom is -0.493 e. The van der Waals surface area contributed by atoms with Gasteiger partial charge in [-0.25, -0.2) is 0 Å². The minimum absolute atomic E-state index is 0.174. The molecule has 0 aliphatic heterocycles. The summed E-state index contributed by atoms with van der Waals surface area (Å²) in [5.74, 6) is 0.745. The molecule has 1 heterocycles. The number of hydrogen-bond donors (Lipinski definition) is 1. The molecule has 0 saturated heterocycles. The standard InChI is InChI=1S/C17H15N3O6/c1-25-14-4-2-3-5-15(14)26-9-8-19-13-7-6-11(20(23)24)10-12(13)16(18-22)17(19)21/h2-7,10,21H,8-9H2,1H3. The van der Waals surface area contributed by atoms with Crippen molar-refractivity contribution in [3.8, 4) is 17.4 Å². The van der Waals surface area contributed by atoms with E-state index in [-0.39, 0.29) is 35.8 Å². The molecule has 0 radical (unpaired) electrons. The Morgan fingerprint density at radius 2 is 1.96 bits per heavy atom. The van der Waals surface area contributed by atoms with Crippen molar-refractivity contribution in [3.63, 3.8) is 0 Å². The van der Waals surface area contributed by atoms with Crippen LogP contribution in [-0.2, 0) is 6.54 Å². The van der Waals surface area contributed by atoms with E-state index < -0.39 is 4.92 Å². The first-order valence-corrected chi connectivity index (χ1v) is 7.65. The molecule has 0 amide bonds. The highest BCUT2D eigenvalue weighted by Gasteiger charge is 2.20. The van der Waals surface area contributed by atoms with Gasteiger partial charge in [0.1, 0.15) is 6.61 Å². The molecule has 0 bridgehead atoms. The van der Waals surface area contributed by atoms with Crippen LogP contribution in [-0.4, -0.2) is 28.3 Å². The van der Waals surface area contributed by atoms with Crippen LogP contribution in [0.3, 0.4) is 0 Å². The second kappa shape index (κ2) is 7.09. The minimum atomic E-state index is -0.576. The van der Waals surface area contributed by atoms with Crippen LogP contribution < -0.4 is 9.47 Å². The second-order valence-corrected chi connectivity index (χ2v) is 5.37. The quantitative estimate of drug-likeness (QED) is 0.391. The Labute approximate surface area is 147 Å². The number of nitroso groups, excluding NO2 is 1. The fourth-order valence-corrected chi connectivity index (χ4v) is 2.73. The lowest BCUT2D eigenvalue weighted by Gasteiger charge is -2.11. The fraction of sp³-hybridized carbons (Fsp3) is 0.176. The number of para-hydroxylation sites is 2. The predicted molar refractivity (Wildman–Crippen MR) is 94.2 cm³/mol. The van der Waals surface area contributed by atoms with Crippen LogP contribution in [0.4, 0.5) is 11.4 Å². The van der Waals surface area contributed by atoms with E-state index >= 15 is 0 Å². The molecule has 0 spiro atoms. The molecule has 2 aromatic carbocycles. The number of methoxy groups -OCH3 is 1. The van der Waals surface area contributed by atoms with Crippen LogP contribution in [0.2, 0.25) is 0 Å². The van der Waals surface area contributed by atoms with E-state index in [9.17, 15) is 20.1 Å². The number of nitro benzene ring substituents is 1. The largest absolute Gasteiger partial charge is 0.493 e. The van der Waals surface area contributed by atoms with Crippen LogP contribution in [0.1, 0.15) is 0 Å². The topological polar surface area (TPSA) is 116 Å².